The molecule has 1 aromatic carbocycles. The minimum Gasteiger partial charge on any atom is -0.339 e. The molecule has 0 bridgehead atoms. The van der Waals surface area contributed by atoms with Crippen molar-refractivity contribution in [3.05, 3.63) is 35.9 Å². The van der Waals surface area contributed by atoms with E-state index in [2.05, 4.69) is 10.6 Å². The van der Waals surface area contributed by atoms with Crippen molar-refractivity contribution in [3.63, 3.8) is 0 Å². The van der Waals surface area contributed by atoms with Gasteiger partial charge in [-0.05, 0) is 12.0 Å². The van der Waals surface area contributed by atoms with Crippen molar-refractivity contribution in [1.82, 2.24) is 20.4 Å². The Morgan fingerprint density at radius 3 is 2.62 bits per heavy atom. The number of rotatable bonds is 3. The highest BCUT2D eigenvalue weighted by Crippen LogP contribution is 2.13. The Morgan fingerprint density at radius 2 is 1.88 bits per heavy atom. The summed E-state index contributed by atoms with van der Waals surface area (Å²) in [7, 11) is 0. The number of thioether (sulfide) groups is 1. The topological polar surface area (TPSA) is 64.7 Å². The summed E-state index contributed by atoms with van der Waals surface area (Å²) in [6.45, 7) is 3.15. The Morgan fingerprint density at radius 1 is 1.12 bits per heavy atom. The van der Waals surface area contributed by atoms with E-state index in [-0.39, 0.29) is 18.0 Å². The van der Waals surface area contributed by atoms with Crippen LogP contribution in [-0.4, -0.2) is 65.6 Å². The predicted molar refractivity (Wildman–Crippen MR) is 95.7 cm³/mol. The van der Waals surface area contributed by atoms with Crippen LogP contribution in [-0.2, 0) is 11.3 Å². The number of carbonyl (C=O) groups excluding carboxylic acids is 2. The summed E-state index contributed by atoms with van der Waals surface area (Å²) < 4.78 is 0. The fraction of sp³-hybridized carbons (Fsp3) is 0.529. The van der Waals surface area contributed by atoms with E-state index in [4.69, 9.17) is 0 Å². The van der Waals surface area contributed by atoms with Crippen LogP contribution < -0.4 is 10.6 Å². The zero-order chi connectivity index (χ0) is 16.8. The smallest absolute Gasteiger partial charge is 0.317 e. The molecular weight excluding hydrogens is 324 g/mol. The van der Waals surface area contributed by atoms with E-state index in [0.29, 0.717) is 26.2 Å². The highest BCUT2D eigenvalue weighted by Gasteiger charge is 2.29. The fourth-order valence-corrected chi connectivity index (χ4v) is 3.93. The zero-order valence-electron chi connectivity index (χ0n) is 13.7. The Balaban J connectivity index is 1.47. The van der Waals surface area contributed by atoms with Crippen LogP contribution in [0.15, 0.2) is 30.3 Å². The number of nitrogens with one attached hydrogen (secondary N) is 2. The van der Waals surface area contributed by atoms with Crippen LogP contribution in [0.25, 0.3) is 0 Å². The van der Waals surface area contributed by atoms with E-state index >= 15 is 0 Å². The summed E-state index contributed by atoms with van der Waals surface area (Å²) >= 11 is 1.76. The fourth-order valence-electron chi connectivity index (χ4n) is 3.00. The van der Waals surface area contributed by atoms with E-state index in [1.54, 1.807) is 11.8 Å². The number of hydrogen-bond acceptors (Lipinski definition) is 4. The third kappa shape index (κ3) is 4.42. The van der Waals surface area contributed by atoms with Crippen LogP contribution in [0.2, 0.25) is 0 Å². The summed E-state index contributed by atoms with van der Waals surface area (Å²) in [5, 5.41) is 6.19. The monoisotopic (exact) mass is 348 g/mol. The molecule has 2 N–H and O–H groups in total. The summed E-state index contributed by atoms with van der Waals surface area (Å²) in [5.41, 5.74) is 1.09. The highest BCUT2D eigenvalue weighted by molar-refractivity contribution is 7.99. The minimum absolute atomic E-state index is 0.0531. The molecule has 1 aromatic rings. The molecule has 1 unspecified atom stereocenters. The van der Waals surface area contributed by atoms with E-state index in [0.717, 1.165) is 30.2 Å². The first-order chi connectivity index (χ1) is 11.7. The van der Waals surface area contributed by atoms with Crippen molar-refractivity contribution in [1.29, 1.82) is 0 Å². The van der Waals surface area contributed by atoms with Gasteiger partial charge >= 0.3 is 6.03 Å². The van der Waals surface area contributed by atoms with Crippen molar-refractivity contribution in [2.45, 2.75) is 19.0 Å². The maximum atomic E-state index is 12.5. The van der Waals surface area contributed by atoms with E-state index in [1.807, 2.05) is 40.1 Å². The number of urea groups is 1. The van der Waals surface area contributed by atoms with Gasteiger partial charge in [0, 0.05) is 44.4 Å². The standard InChI is InChI=1S/C17H24N4O2S/c22-16(15-12-24-13-19-15)20-7-4-8-21(10-9-20)17(23)18-11-14-5-2-1-3-6-14/h1-3,5-6,15,19H,4,7-13H2,(H,18,23). The number of benzene rings is 1. The van der Waals surface area contributed by atoms with Crippen LogP contribution in [0.3, 0.4) is 0 Å². The van der Waals surface area contributed by atoms with Gasteiger partial charge < -0.3 is 15.1 Å². The van der Waals surface area contributed by atoms with Gasteiger partial charge in [0.1, 0.15) is 0 Å². The highest BCUT2D eigenvalue weighted by atomic mass is 32.2. The largest absolute Gasteiger partial charge is 0.339 e. The third-order valence-corrected chi connectivity index (χ3v) is 5.34. The molecule has 24 heavy (non-hydrogen) atoms. The van der Waals surface area contributed by atoms with Gasteiger partial charge in [-0.15, -0.1) is 11.8 Å². The Bertz CT molecular complexity index is 563. The molecule has 3 amide bonds. The Kier molecular flexibility index (Phi) is 5.98. The lowest BCUT2D eigenvalue weighted by Gasteiger charge is -2.24. The number of nitrogens with zero attached hydrogens (tertiary/aromatic N) is 2. The van der Waals surface area contributed by atoms with Gasteiger partial charge in [-0.2, -0.15) is 0 Å². The molecular formula is C17H24N4O2S. The van der Waals surface area contributed by atoms with Gasteiger partial charge in [0.15, 0.2) is 0 Å². The molecule has 0 aliphatic carbocycles. The lowest BCUT2D eigenvalue weighted by atomic mass is 10.2. The maximum absolute atomic E-state index is 12.5. The Labute approximate surface area is 146 Å². The molecule has 1 atom stereocenters. The number of carbonyl (C=O) groups is 2. The molecule has 2 aliphatic heterocycles. The second kappa shape index (κ2) is 8.39. The van der Waals surface area contributed by atoms with Crippen molar-refractivity contribution >= 4 is 23.7 Å². The molecule has 0 radical (unpaired) electrons. The molecule has 6 nitrogen and oxygen atoms in total. The molecule has 0 spiro atoms. The minimum atomic E-state index is -0.0616. The number of hydrogen-bond donors (Lipinski definition) is 2. The maximum Gasteiger partial charge on any atom is 0.317 e. The first kappa shape index (κ1) is 17.1. The molecule has 3 rings (SSSR count). The second-order valence-electron chi connectivity index (χ2n) is 6.08. The summed E-state index contributed by atoms with van der Waals surface area (Å²) in [5.74, 6) is 1.86. The van der Waals surface area contributed by atoms with E-state index in [9.17, 15) is 9.59 Å². The van der Waals surface area contributed by atoms with Crippen LogP contribution in [0, 0.1) is 0 Å². The third-order valence-electron chi connectivity index (χ3n) is 4.40. The molecule has 7 heteroatoms. The van der Waals surface area contributed by atoms with Crippen molar-refractivity contribution in [2.24, 2.45) is 0 Å². The van der Waals surface area contributed by atoms with Crippen LogP contribution >= 0.6 is 11.8 Å². The van der Waals surface area contributed by atoms with Crippen LogP contribution in [0.1, 0.15) is 12.0 Å². The van der Waals surface area contributed by atoms with Gasteiger partial charge in [-0.25, -0.2) is 4.79 Å². The molecule has 2 aliphatic rings. The lowest BCUT2D eigenvalue weighted by Crippen LogP contribution is -2.47. The summed E-state index contributed by atoms with van der Waals surface area (Å²) in [6, 6.07) is 9.77. The zero-order valence-corrected chi connectivity index (χ0v) is 14.6. The summed E-state index contributed by atoms with van der Waals surface area (Å²) in [4.78, 5) is 28.5. The number of amides is 3. The van der Waals surface area contributed by atoms with Crippen LogP contribution in [0.5, 0.6) is 0 Å². The average Bonchev–Trinajstić information content (AvgIpc) is 3.04. The molecule has 2 fully saturated rings. The van der Waals surface area contributed by atoms with Gasteiger partial charge in [0.2, 0.25) is 5.91 Å². The first-order valence-corrected chi connectivity index (χ1v) is 9.56. The van der Waals surface area contributed by atoms with Crippen LogP contribution in [0.4, 0.5) is 4.79 Å². The van der Waals surface area contributed by atoms with Crippen molar-refractivity contribution in [3.8, 4) is 0 Å². The molecule has 2 saturated heterocycles. The average molecular weight is 348 g/mol. The normalized spacial score (nSPS) is 21.4. The van der Waals surface area contributed by atoms with Gasteiger partial charge in [-0.1, -0.05) is 30.3 Å². The van der Waals surface area contributed by atoms with Crippen molar-refractivity contribution < 1.29 is 9.59 Å². The molecule has 0 saturated carbocycles. The van der Waals surface area contributed by atoms with E-state index < -0.39 is 0 Å². The SMILES string of the molecule is O=C(NCc1ccccc1)N1CCCN(C(=O)C2CSCN2)CC1. The molecule has 2 heterocycles. The Hall–Kier alpha value is -1.73. The van der Waals surface area contributed by atoms with E-state index in [1.165, 1.54) is 0 Å². The van der Waals surface area contributed by atoms with Gasteiger partial charge in [-0.3, -0.25) is 10.1 Å². The second-order valence-corrected chi connectivity index (χ2v) is 7.11. The molecule has 130 valence electrons. The molecule has 0 aromatic heterocycles. The lowest BCUT2D eigenvalue weighted by molar-refractivity contribution is -0.132. The van der Waals surface area contributed by atoms with Gasteiger partial charge in [0.25, 0.3) is 0 Å². The van der Waals surface area contributed by atoms with Crippen molar-refractivity contribution in [2.75, 3.05) is 37.8 Å². The first-order valence-electron chi connectivity index (χ1n) is 8.40. The van der Waals surface area contributed by atoms with Gasteiger partial charge in [0.05, 0.1) is 6.04 Å². The predicted octanol–water partition coefficient (Wildman–Crippen LogP) is 1.09. The summed E-state index contributed by atoms with van der Waals surface area (Å²) in [6.07, 6.45) is 0.824. The quantitative estimate of drug-likeness (QED) is 0.858.